The largest absolute Gasteiger partial charge is 0.508 e. The third-order valence-electron chi connectivity index (χ3n) is 1.56. The van der Waals surface area contributed by atoms with E-state index in [0.717, 1.165) is 0 Å². The molecule has 0 saturated carbocycles. The first kappa shape index (κ1) is 8.74. The van der Waals surface area contributed by atoms with E-state index in [-0.39, 0.29) is 18.0 Å². The molecular weight excluding hydrogens is 156 g/mol. The standard InChI is InChI=1S/C9H10O3/c10-6-8(11)5-7-3-1-2-4-9(7)12/h1-4,10,12H,5-6H2. The van der Waals surface area contributed by atoms with Crippen LogP contribution in [0.15, 0.2) is 24.3 Å². The molecule has 3 heteroatoms. The Morgan fingerprint density at radius 1 is 1.33 bits per heavy atom. The number of aliphatic hydroxyl groups excluding tert-OH is 1. The lowest BCUT2D eigenvalue weighted by molar-refractivity contribution is -0.121. The number of hydrogen-bond donors (Lipinski definition) is 2. The number of aromatic hydroxyl groups is 1. The van der Waals surface area contributed by atoms with Crippen LogP contribution in [0.3, 0.4) is 0 Å². The maximum atomic E-state index is 10.8. The molecule has 0 aromatic heterocycles. The van der Waals surface area contributed by atoms with Gasteiger partial charge in [-0.2, -0.15) is 0 Å². The van der Waals surface area contributed by atoms with Gasteiger partial charge < -0.3 is 10.2 Å². The number of benzene rings is 1. The summed E-state index contributed by atoms with van der Waals surface area (Å²) in [6.07, 6.45) is 0.0865. The van der Waals surface area contributed by atoms with Gasteiger partial charge in [0.2, 0.25) is 0 Å². The summed E-state index contributed by atoms with van der Waals surface area (Å²) in [7, 11) is 0. The Morgan fingerprint density at radius 3 is 2.58 bits per heavy atom. The van der Waals surface area contributed by atoms with Crippen molar-refractivity contribution in [2.75, 3.05) is 6.61 Å². The number of phenolic OH excluding ortho intramolecular Hbond substituents is 1. The third kappa shape index (κ3) is 2.07. The zero-order chi connectivity index (χ0) is 8.97. The number of ketones is 1. The second kappa shape index (κ2) is 3.88. The number of hydrogen-bond acceptors (Lipinski definition) is 3. The van der Waals surface area contributed by atoms with Crippen molar-refractivity contribution in [1.29, 1.82) is 0 Å². The molecule has 12 heavy (non-hydrogen) atoms. The van der Waals surface area contributed by atoms with Gasteiger partial charge in [-0.05, 0) is 6.07 Å². The first-order chi connectivity index (χ1) is 5.74. The summed E-state index contributed by atoms with van der Waals surface area (Å²) in [5.41, 5.74) is 0.552. The fourth-order valence-electron chi connectivity index (χ4n) is 0.929. The second-order valence-corrected chi connectivity index (χ2v) is 2.50. The Kier molecular flexibility index (Phi) is 2.82. The van der Waals surface area contributed by atoms with E-state index in [1.165, 1.54) is 6.07 Å². The van der Waals surface area contributed by atoms with Crippen molar-refractivity contribution in [3.63, 3.8) is 0 Å². The van der Waals surface area contributed by atoms with Gasteiger partial charge in [0, 0.05) is 12.0 Å². The molecule has 0 radical (unpaired) electrons. The summed E-state index contributed by atoms with van der Waals surface area (Å²) in [6.45, 7) is -0.478. The van der Waals surface area contributed by atoms with Crippen molar-refractivity contribution >= 4 is 5.78 Å². The van der Waals surface area contributed by atoms with Crippen LogP contribution in [0.5, 0.6) is 5.75 Å². The number of phenols is 1. The van der Waals surface area contributed by atoms with Crippen LogP contribution in [-0.2, 0) is 11.2 Å². The Morgan fingerprint density at radius 2 is 2.00 bits per heavy atom. The van der Waals surface area contributed by atoms with Crippen LogP contribution in [0, 0.1) is 0 Å². The lowest BCUT2D eigenvalue weighted by Crippen LogP contribution is -2.07. The highest BCUT2D eigenvalue weighted by atomic mass is 16.3. The molecule has 2 N–H and O–H groups in total. The fourth-order valence-corrected chi connectivity index (χ4v) is 0.929. The van der Waals surface area contributed by atoms with E-state index in [4.69, 9.17) is 5.11 Å². The minimum Gasteiger partial charge on any atom is -0.508 e. The molecule has 0 spiro atoms. The molecule has 0 amide bonds. The van der Waals surface area contributed by atoms with Crippen molar-refractivity contribution < 1.29 is 15.0 Å². The van der Waals surface area contributed by atoms with E-state index in [0.29, 0.717) is 5.56 Å². The lowest BCUT2D eigenvalue weighted by Gasteiger charge is -2.00. The zero-order valence-electron chi connectivity index (χ0n) is 6.53. The highest BCUT2D eigenvalue weighted by Gasteiger charge is 2.04. The van der Waals surface area contributed by atoms with E-state index in [1.54, 1.807) is 18.2 Å². The number of Topliss-reactive ketones (excluding diaryl/α,β-unsaturated/α-hetero) is 1. The van der Waals surface area contributed by atoms with E-state index in [1.807, 2.05) is 0 Å². The summed E-state index contributed by atoms with van der Waals surface area (Å²) in [4.78, 5) is 10.8. The quantitative estimate of drug-likeness (QED) is 0.687. The first-order valence-corrected chi connectivity index (χ1v) is 3.63. The molecule has 1 aromatic rings. The van der Waals surface area contributed by atoms with Gasteiger partial charge in [-0.1, -0.05) is 18.2 Å². The number of carbonyl (C=O) groups excluding carboxylic acids is 1. The summed E-state index contributed by atoms with van der Waals surface area (Å²) in [6, 6.07) is 6.59. The van der Waals surface area contributed by atoms with Crippen molar-refractivity contribution in [1.82, 2.24) is 0 Å². The fraction of sp³-hybridized carbons (Fsp3) is 0.222. The Hall–Kier alpha value is -1.35. The molecule has 0 heterocycles. The van der Waals surface area contributed by atoms with Crippen LogP contribution >= 0.6 is 0 Å². The SMILES string of the molecule is O=C(CO)Cc1ccccc1O. The van der Waals surface area contributed by atoms with Crippen LogP contribution in [0.4, 0.5) is 0 Å². The van der Waals surface area contributed by atoms with Gasteiger partial charge in [-0.25, -0.2) is 0 Å². The molecule has 1 aromatic carbocycles. The van der Waals surface area contributed by atoms with Gasteiger partial charge in [0.05, 0.1) is 0 Å². The average Bonchev–Trinajstić information content (AvgIpc) is 2.09. The maximum absolute atomic E-state index is 10.8. The molecule has 0 saturated heterocycles. The van der Waals surface area contributed by atoms with Crippen LogP contribution in [0.2, 0.25) is 0 Å². The third-order valence-corrected chi connectivity index (χ3v) is 1.56. The second-order valence-electron chi connectivity index (χ2n) is 2.50. The van der Waals surface area contributed by atoms with E-state index in [2.05, 4.69) is 0 Å². The predicted octanol–water partition coefficient (Wildman–Crippen LogP) is 0.496. The zero-order valence-corrected chi connectivity index (χ0v) is 6.53. The Bertz CT molecular complexity index is 281. The van der Waals surface area contributed by atoms with Crippen molar-refractivity contribution in [3.05, 3.63) is 29.8 Å². The molecule has 0 fully saturated rings. The topological polar surface area (TPSA) is 57.5 Å². The van der Waals surface area contributed by atoms with Gasteiger partial charge in [0.25, 0.3) is 0 Å². The van der Waals surface area contributed by atoms with Gasteiger partial charge in [-0.15, -0.1) is 0 Å². The summed E-state index contributed by atoms with van der Waals surface area (Å²) < 4.78 is 0. The number of aliphatic hydroxyl groups is 1. The van der Waals surface area contributed by atoms with Crippen molar-refractivity contribution in [3.8, 4) is 5.75 Å². The normalized spacial score (nSPS) is 9.75. The Labute approximate surface area is 70.3 Å². The number of rotatable bonds is 3. The van der Waals surface area contributed by atoms with E-state index in [9.17, 15) is 9.90 Å². The van der Waals surface area contributed by atoms with Gasteiger partial charge in [-0.3, -0.25) is 4.79 Å². The molecule has 0 bridgehead atoms. The van der Waals surface area contributed by atoms with Crippen LogP contribution in [-0.4, -0.2) is 22.6 Å². The molecule has 0 atom stereocenters. The molecule has 1 rings (SSSR count). The minimum absolute atomic E-state index is 0.0865. The summed E-state index contributed by atoms with van der Waals surface area (Å²) in [5.74, 6) is -0.198. The summed E-state index contributed by atoms with van der Waals surface area (Å²) in [5, 5.41) is 17.7. The van der Waals surface area contributed by atoms with Gasteiger partial charge in [0.15, 0.2) is 5.78 Å². The first-order valence-electron chi connectivity index (χ1n) is 3.63. The highest BCUT2D eigenvalue weighted by Crippen LogP contribution is 2.15. The molecule has 0 aliphatic carbocycles. The number of para-hydroxylation sites is 1. The highest BCUT2D eigenvalue weighted by molar-refractivity contribution is 5.82. The smallest absolute Gasteiger partial charge is 0.162 e. The van der Waals surface area contributed by atoms with Crippen LogP contribution in [0.1, 0.15) is 5.56 Å². The van der Waals surface area contributed by atoms with Gasteiger partial charge in [0.1, 0.15) is 12.4 Å². The number of carbonyl (C=O) groups is 1. The van der Waals surface area contributed by atoms with Crippen LogP contribution in [0.25, 0.3) is 0 Å². The molecule has 0 unspecified atom stereocenters. The van der Waals surface area contributed by atoms with Crippen LogP contribution < -0.4 is 0 Å². The Balaban J connectivity index is 2.75. The van der Waals surface area contributed by atoms with Crippen molar-refractivity contribution in [2.24, 2.45) is 0 Å². The predicted molar refractivity (Wildman–Crippen MR) is 43.9 cm³/mol. The molecule has 0 aliphatic heterocycles. The maximum Gasteiger partial charge on any atom is 0.162 e. The molecule has 3 nitrogen and oxygen atoms in total. The monoisotopic (exact) mass is 166 g/mol. The molecular formula is C9H10O3. The van der Waals surface area contributed by atoms with E-state index >= 15 is 0 Å². The average molecular weight is 166 g/mol. The molecule has 64 valence electrons. The van der Waals surface area contributed by atoms with Crippen molar-refractivity contribution in [2.45, 2.75) is 6.42 Å². The van der Waals surface area contributed by atoms with E-state index < -0.39 is 6.61 Å². The summed E-state index contributed by atoms with van der Waals surface area (Å²) >= 11 is 0. The van der Waals surface area contributed by atoms with Gasteiger partial charge >= 0.3 is 0 Å². The molecule has 0 aliphatic rings. The lowest BCUT2D eigenvalue weighted by atomic mass is 10.1. The minimum atomic E-state index is -0.478.